The minimum Gasteiger partial charge on any atom is -0.497 e. The van der Waals surface area contributed by atoms with Crippen LogP contribution in [0.1, 0.15) is 24.1 Å². The van der Waals surface area contributed by atoms with Gasteiger partial charge >= 0.3 is 11.9 Å². The minimum atomic E-state index is -1.03. The quantitative estimate of drug-likeness (QED) is 0.570. The van der Waals surface area contributed by atoms with Crippen molar-refractivity contribution in [3.63, 3.8) is 0 Å². The van der Waals surface area contributed by atoms with Crippen LogP contribution < -0.4 is 19.5 Å². The lowest BCUT2D eigenvalue weighted by Crippen LogP contribution is -2.24. The van der Waals surface area contributed by atoms with E-state index in [2.05, 4.69) is 5.32 Å². The van der Waals surface area contributed by atoms with Crippen molar-refractivity contribution in [1.29, 1.82) is 5.26 Å². The third kappa shape index (κ3) is 6.02. The van der Waals surface area contributed by atoms with E-state index in [0.29, 0.717) is 22.6 Å². The van der Waals surface area contributed by atoms with Gasteiger partial charge in [0.1, 0.15) is 5.75 Å². The molecule has 9 heteroatoms. The zero-order valence-electron chi connectivity index (χ0n) is 17.8. The summed E-state index contributed by atoms with van der Waals surface area (Å²) in [6.45, 7) is 1.51. The van der Waals surface area contributed by atoms with Gasteiger partial charge in [0, 0.05) is 17.3 Å². The number of ether oxygens (including phenoxy) is 5. The number of nitriles is 1. The molecule has 1 unspecified atom stereocenters. The second kappa shape index (κ2) is 11.3. The smallest absolute Gasteiger partial charge is 0.344 e. The van der Waals surface area contributed by atoms with Crippen LogP contribution in [0.3, 0.4) is 0 Å². The molecule has 0 amide bonds. The number of carbonyl (C=O) groups is 2. The summed E-state index contributed by atoms with van der Waals surface area (Å²) in [5.41, 5.74) is 1.37. The Balaban J connectivity index is 2.51. The second-order valence-electron chi connectivity index (χ2n) is 6.13. The van der Waals surface area contributed by atoms with E-state index in [9.17, 15) is 9.59 Å². The molecule has 0 bridgehead atoms. The molecule has 2 aromatic rings. The van der Waals surface area contributed by atoms with Gasteiger partial charge in [-0.1, -0.05) is 0 Å². The molecular weight excluding hydrogens is 404 g/mol. The van der Waals surface area contributed by atoms with Crippen molar-refractivity contribution >= 4 is 17.6 Å². The van der Waals surface area contributed by atoms with E-state index < -0.39 is 18.0 Å². The van der Waals surface area contributed by atoms with E-state index in [-0.39, 0.29) is 24.7 Å². The Labute approximate surface area is 180 Å². The molecule has 2 aromatic carbocycles. The van der Waals surface area contributed by atoms with Crippen LogP contribution in [0.15, 0.2) is 36.4 Å². The van der Waals surface area contributed by atoms with Gasteiger partial charge < -0.3 is 29.0 Å². The number of anilines is 1. The molecule has 9 nitrogen and oxygen atoms in total. The van der Waals surface area contributed by atoms with Crippen molar-refractivity contribution in [3.8, 4) is 23.3 Å². The zero-order chi connectivity index (χ0) is 22.8. The Morgan fingerprint density at radius 1 is 1.10 bits per heavy atom. The summed E-state index contributed by atoms with van der Waals surface area (Å²) < 4.78 is 26.3. The second-order valence-corrected chi connectivity index (χ2v) is 6.13. The van der Waals surface area contributed by atoms with Gasteiger partial charge in [0.25, 0.3) is 0 Å². The van der Waals surface area contributed by atoms with Gasteiger partial charge in [-0.15, -0.1) is 0 Å². The third-order valence-electron chi connectivity index (χ3n) is 4.23. The highest BCUT2D eigenvalue weighted by Gasteiger charge is 2.29. The largest absolute Gasteiger partial charge is 0.497 e. The number of nitrogens with zero attached hydrogens (tertiary/aromatic N) is 1. The first-order valence-corrected chi connectivity index (χ1v) is 9.36. The lowest BCUT2D eigenvalue weighted by molar-refractivity contribution is -0.145. The van der Waals surface area contributed by atoms with Crippen LogP contribution in [-0.2, 0) is 19.1 Å². The summed E-state index contributed by atoms with van der Waals surface area (Å²) in [6.07, 6.45) is 0. The highest BCUT2D eigenvalue weighted by molar-refractivity contribution is 5.83. The van der Waals surface area contributed by atoms with Gasteiger partial charge in [0.2, 0.25) is 0 Å². The lowest BCUT2D eigenvalue weighted by atomic mass is 10.0. The molecule has 164 valence electrons. The maximum absolute atomic E-state index is 12.7. The molecule has 0 saturated carbocycles. The van der Waals surface area contributed by atoms with Crippen molar-refractivity contribution in [2.75, 3.05) is 39.9 Å². The SMILES string of the molecule is CCOC(=O)COc1c(OC)cc(OC)cc1C(Nc1ccc(C#N)cc1)C(=O)OC. The van der Waals surface area contributed by atoms with Crippen molar-refractivity contribution in [2.24, 2.45) is 0 Å². The summed E-state index contributed by atoms with van der Waals surface area (Å²) in [6, 6.07) is 10.7. The number of carbonyl (C=O) groups excluding carboxylic acids is 2. The predicted molar refractivity (Wildman–Crippen MR) is 111 cm³/mol. The van der Waals surface area contributed by atoms with Crippen LogP contribution >= 0.6 is 0 Å². The maximum Gasteiger partial charge on any atom is 0.344 e. The average Bonchev–Trinajstić information content (AvgIpc) is 2.80. The van der Waals surface area contributed by atoms with Gasteiger partial charge in [-0.05, 0) is 37.3 Å². The molecule has 2 rings (SSSR count). The number of esters is 2. The monoisotopic (exact) mass is 428 g/mol. The molecule has 0 aliphatic heterocycles. The minimum absolute atomic E-state index is 0.160. The summed E-state index contributed by atoms with van der Waals surface area (Å²) in [5.74, 6) is -0.352. The van der Waals surface area contributed by atoms with E-state index in [1.165, 1.54) is 21.3 Å². The lowest BCUT2D eigenvalue weighted by Gasteiger charge is -2.23. The summed E-state index contributed by atoms with van der Waals surface area (Å²) in [4.78, 5) is 24.5. The fourth-order valence-electron chi connectivity index (χ4n) is 2.76. The van der Waals surface area contributed by atoms with Crippen molar-refractivity contribution in [2.45, 2.75) is 13.0 Å². The third-order valence-corrected chi connectivity index (χ3v) is 4.23. The normalized spacial score (nSPS) is 10.9. The predicted octanol–water partition coefficient (Wildman–Crippen LogP) is 2.84. The molecule has 0 spiro atoms. The molecule has 1 N–H and O–H groups in total. The number of methoxy groups -OCH3 is 3. The Bertz CT molecular complexity index is 952. The van der Waals surface area contributed by atoms with Crippen molar-refractivity contribution in [3.05, 3.63) is 47.5 Å². The summed E-state index contributed by atoms with van der Waals surface area (Å²) in [5, 5.41) is 12.0. The molecule has 0 radical (unpaired) electrons. The Hall–Kier alpha value is -3.93. The average molecular weight is 428 g/mol. The van der Waals surface area contributed by atoms with Crippen LogP contribution in [0.25, 0.3) is 0 Å². The van der Waals surface area contributed by atoms with Crippen LogP contribution in [0, 0.1) is 11.3 Å². The molecular formula is C22H24N2O7. The van der Waals surface area contributed by atoms with E-state index >= 15 is 0 Å². The van der Waals surface area contributed by atoms with Gasteiger partial charge in [0.05, 0.1) is 39.6 Å². The number of benzene rings is 2. The van der Waals surface area contributed by atoms with Gasteiger partial charge in [-0.3, -0.25) is 0 Å². The van der Waals surface area contributed by atoms with E-state index in [0.717, 1.165) is 0 Å². The van der Waals surface area contributed by atoms with E-state index in [1.54, 1.807) is 43.3 Å². The Morgan fingerprint density at radius 3 is 2.35 bits per heavy atom. The van der Waals surface area contributed by atoms with Crippen LogP contribution in [0.4, 0.5) is 5.69 Å². The molecule has 0 aliphatic rings. The zero-order valence-corrected chi connectivity index (χ0v) is 17.8. The number of hydrogen-bond donors (Lipinski definition) is 1. The van der Waals surface area contributed by atoms with Gasteiger partial charge in [0.15, 0.2) is 24.1 Å². The number of nitrogens with one attached hydrogen (secondary N) is 1. The van der Waals surface area contributed by atoms with E-state index in [4.69, 9.17) is 28.9 Å². The van der Waals surface area contributed by atoms with Crippen LogP contribution in [0.5, 0.6) is 17.2 Å². The highest BCUT2D eigenvalue weighted by Crippen LogP contribution is 2.40. The summed E-state index contributed by atoms with van der Waals surface area (Å²) >= 11 is 0. The van der Waals surface area contributed by atoms with Crippen LogP contribution in [0.2, 0.25) is 0 Å². The molecule has 31 heavy (non-hydrogen) atoms. The van der Waals surface area contributed by atoms with Gasteiger partial charge in [-0.25, -0.2) is 9.59 Å². The fourth-order valence-corrected chi connectivity index (χ4v) is 2.76. The van der Waals surface area contributed by atoms with Crippen molar-refractivity contribution in [1.82, 2.24) is 0 Å². The first-order valence-electron chi connectivity index (χ1n) is 9.36. The number of hydrogen-bond acceptors (Lipinski definition) is 9. The fraction of sp³-hybridized carbons (Fsp3) is 0.318. The Morgan fingerprint density at radius 2 is 1.81 bits per heavy atom. The molecule has 0 aliphatic carbocycles. The molecule has 0 saturated heterocycles. The molecule has 0 fully saturated rings. The first kappa shape index (κ1) is 23.3. The molecule has 1 atom stereocenters. The topological polar surface area (TPSA) is 116 Å². The summed E-state index contributed by atoms with van der Waals surface area (Å²) in [7, 11) is 4.15. The van der Waals surface area contributed by atoms with Crippen molar-refractivity contribution < 1.29 is 33.3 Å². The van der Waals surface area contributed by atoms with E-state index in [1.807, 2.05) is 6.07 Å². The standard InChI is InChI=1S/C22H24N2O7/c1-5-30-19(25)13-31-21-17(10-16(27-2)11-18(21)28-3)20(22(26)29-4)24-15-8-6-14(12-23)7-9-15/h6-11,20,24H,5,13H2,1-4H3. The molecule has 0 heterocycles. The highest BCUT2D eigenvalue weighted by atomic mass is 16.6. The Kier molecular flexibility index (Phi) is 8.52. The maximum atomic E-state index is 12.7. The van der Waals surface area contributed by atoms with Gasteiger partial charge in [-0.2, -0.15) is 5.26 Å². The van der Waals surface area contributed by atoms with Crippen LogP contribution in [-0.4, -0.2) is 46.5 Å². The first-order chi connectivity index (χ1) is 15.0. The molecule has 0 aromatic heterocycles. The number of rotatable bonds is 10.